The molecule has 0 saturated heterocycles. The second-order valence-electron chi connectivity index (χ2n) is 4.01. The second-order valence-corrected chi connectivity index (χ2v) is 6.27. The van der Waals surface area contributed by atoms with Crippen molar-refractivity contribution in [2.75, 3.05) is 32.1 Å². The number of carbonyl (C=O) groups is 1. The van der Waals surface area contributed by atoms with Crippen molar-refractivity contribution in [2.45, 2.75) is 6.54 Å². The molecule has 18 heavy (non-hydrogen) atoms. The first-order valence-corrected chi connectivity index (χ1v) is 7.43. The van der Waals surface area contributed by atoms with E-state index in [0.717, 1.165) is 6.26 Å². The van der Waals surface area contributed by atoms with E-state index in [1.165, 1.54) is 22.8 Å². The van der Waals surface area contributed by atoms with Gasteiger partial charge in [0.05, 0.1) is 18.5 Å². The van der Waals surface area contributed by atoms with Crippen molar-refractivity contribution < 1.29 is 13.2 Å². The first kappa shape index (κ1) is 14.6. The lowest BCUT2D eigenvalue weighted by atomic mass is 10.4. The van der Waals surface area contributed by atoms with Gasteiger partial charge in [-0.05, 0) is 0 Å². The van der Waals surface area contributed by atoms with Gasteiger partial charge in [-0.2, -0.15) is 0 Å². The molecule has 0 aliphatic rings. The summed E-state index contributed by atoms with van der Waals surface area (Å²) >= 11 is 0. The normalized spacial score (nSPS) is 11.5. The van der Waals surface area contributed by atoms with Gasteiger partial charge >= 0.3 is 0 Å². The number of aromatic nitrogens is 3. The fraction of sp³-hybridized carbons (Fsp3) is 0.667. The fourth-order valence-electron chi connectivity index (χ4n) is 1.24. The van der Waals surface area contributed by atoms with Crippen molar-refractivity contribution in [1.29, 1.82) is 0 Å². The van der Waals surface area contributed by atoms with Crippen molar-refractivity contribution in [1.82, 2.24) is 19.9 Å². The van der Waals surface area contributed by atoms with Crippen molar-refractivity contribution in [3.8, 4) is 0 Å². The molecule has 0 atom stereocenters. The zero-order chi connectivity index (χ0) is 13.8. The summed E-state index contributed by atoms with van der Waals surface area (Å²) in [6, 6.07) is 0. The fourth-order valence-corrected chi connectivity index (χ4v) is 1.84. The van der Waals surface area contributed by atoms with E-state index < -0.39 is 9.84 Å². The summed E-state index contributed by atoms with van der Waals surface area (Å²) < 4.78 is 23.5. The molecule has 0 spiro atoms. The zero-order valence-electron chi connectivity index (χ0n) is 10.4. The Morgan fingerprint density at radius 3 is 2.78 bits per heavy atom. The smallest absolute Gasteiger partial charge is 0.275 e. The molecule has 0 aromatic carbocycles. The summed E-state index contributed by atoms with van der Waals surface area (Å²) in [4.78, 5) is 13.2. The highest BCUT2D eigenvalue weighted by Crippen LogP contribution is 1.99. The minimum Gasteiger partial charge on any atom is -0.339 e. The molecule has 1 heterocycles. The van der Waals surface area contributed by atoms with Gasteiger partial charge in [-0.3, -0.25) is 9.48 Å². The Balaban J connectivity index is 2.62. The Labute approximate surface area is 106 Å². The Morgan fingerprint density at radius 2 is 2.22 bits per heavy atom. The van der Waals surface area contributed by atoms with Gasteiger partial charge in [-0.15, -0.1) is 5.10 Å². The molecule has 0 bridgehead atoms. The van der Waals surface area contributed by atoms with Crippen LogP contribution in [-0.4, -0.2) is 66.4 Å². The molecule has 1 aromatic rings. The van der Waals surface area contributed by atoms with Crippen LogP contribution >= 0.6 is 0 Å². The minimum atomic E-state index is -3.09. The zero-order valence-corrected chi connectivity index (χ0v) is 11.2. The summed E-state index contributed by atoms with van der Waals surface area (Å²) in [6.07, 6.45) is 2.62. The van der Waals surface area contributed by atoms with Crippen molar-refractivity contribution in [3.05, 3.63) is 11.9 Å². The first-order chi connectivity index (χ1) is 8.33. The van der Waals surface area contributed by atoms with E-state index in [9.17, 15) is 13.2 Å². The third-order valence-corrected chi connectivity index (χ3v) is 3.18. The van der Waals surface area contributed by atoms with Crippen LogP contribution in [-0.2, 0) is 16.4 Å². The van der Waals surface area contributed by atoms with Crippen molar-refractivity contribution in [3.63, 3.8) is 0 Å². The summed E-state index contributed by atoms with van der Waals surface area (Å²) in [5.41, 5.74) is 5.53. The van der Waals surface area contributed by atoms with Gasteiger partial charge in [0.15, 0.2) is 5.69 Å². The van der Waals surface area contributed by atoms with Crippen LogP contribution in [0, 0.1) is 0 Å². The van der Waals surface area contributed by atoms with Crippen LogP contribution in [0.2, 0.25) is 0 Å². The molecule has 1 aromatic heterocycles. The molecule has 0 fully saturated rings. The highest BCUT2D eigenvalue weighted by molar-refractivity contribution is 7.90. The van der Waals surface area contributed by atoms with Crippen LogP contribution in [0.25, 0.3) is 0 Å². The second kappa shape index (κ2) is 5.91. The number of sulfone groups is 1. The number of nitrogens with zero attached hydrogens (tertiary/aromatic N) is 4. The van der Waals surface area contributed by atoms with Gasteiger partial charge in [0.2, 0.25) is 0 Å². The average molecular weight is 275 g/mol. The number of rotatable bonds is 6. The number of carbonyl (C=O) groups excluding carboxylic acids is 1. The van der Waals surface area contributed by atoms with Gasteiger partial charge in [-0.25, -0.2) is 8.42 Å². The van der Waals surface area contributed by atoms with Gasteiger partial charge in [-0.1, -0.05) is 5.21 Å². The van der Waals surface area contributed by atoms with Crippen LogP contribution in [0.5, 0.6) is 0 Å². The van der Waals surface area contributed by atoms with Crippen LogP contribution in [0.15, 0.2) is 6.20 Å². The first-order valence-electron chi connectivity index (χ1n) is 5.37. The lowest BCUT2D eigenvalue weighted by molar-refractivity contribution is 0.0797. The van der Waals surface area contributed by atoms with E-state index in [1.807, 2.05) is 0 Å². The van der Waals surface area contributed by atoms with E-state index in [1.54, 1.807) is 0 Å². The van der Waals surface area contributed by atoms with E-state index in [2.05, 4.69) is 10.3 Å². The van der Waals surface area contributed by atoms with Crippen LogP contribution in [0.4, 0.5) is 0 Å². The lowest BCUT2D eigenvalue weighted by Gasteiger charge is -2.14. The molecular formula is C9H17N5O3S. The predicted molar refractivity (Wildman–Crippen MR) is 65.7 cm³/mol. The molecule has 0 radical (unpaired) electrons. The SMILES string of the molecule is CN(CCS(C)(=O)=O)C(=O)c1cn(CCN)nn1. The molecule has 102 valence electrons. The lowest BCUT2D eigenvalue weighted by Crippen LogP contribution is -2.31. The molecule has 1 rings (SSSR count). The molecule has 8 nitrogen and oxygen atoms in total. The topological polar surface area (TPSA) is 111 Å². The molecule has 0 unspecified atom stereocenters. The summed E-state index contributed by atoms with van der Waals surface area (Å²) in [5, 5.41) is 7.46. The monoisotopic (exact) mass is 275 g/mol. The molecule has 0 saturated carbocycles. The third-order valence-electron chi connectivity index (χ3n) is 2.26. The van der Waals surface area contributed by atoms with Gasteiger partial charge in [0.1, 0.15) is 9.84 Å². The third kappa shape index (κ3) is 4.41. The largest absolute Gasteiger partial charge is 0.339 e. The molecule has 0 aliphatic heterocycles. The van der Waals surface area contributed by atoms with Crippen LogP contribution in [0.1, 0.15) is 10.5 Å². The molecule has 0 aliphatic carbocycles. The van der Waals surface area contributed by atoms with Gasteiger partial charge < -0.3 is 10.6 Å². The standard InChI is InChI=1S/C9H17N5O3S/c1-13(5-6-18(2,16)17)9(15)8-7-14(4-3-10)12-11-8/h7H,3-6,10H2,1-2H3. The highest BCUT2D eigenvalue weighted by atomic mass is 32.2. The van der Waals surface area contributed by atoms with Crippen molar-refractivity contribution in [2.24, 2.45) is 5.73 Å². The number of hydrogen-bond acceptors (Lipinski definition) is 6. The quantitative estimate of drug-likeness (QED) is 0.666. The maximum atomic E-state index is 11.9. The molecule has 9 heteroatoms. The molecule has 2 N–H and O–H groups in total. The van der Waals surface area contributed by atoms with Gasteiger partial charge in [0.25, 0.3) is 5.91 Å². The Morgan fingerprint density at radius 1 is 1.56 bits per heavy atom. The number of hydrogen-bond donors (Lipinski definition) is 1. The average Bonchev–Trinajstić information content (AvgIpc) is 2.73. The maximum absolute atomic E-state index is 11.9. The predicted octanol–water partition coefficient (Wildman–Crippen LogP) is -1.65. The Kier molecular flexibility index (Phi) is 4.79. The summed E-state index contributed by atoms with van der Waals surface area (Å²) in [6.45, 7) is 1.01. The van der Waals surface area contributed by atoms with Crippen molar-refractivity contribution >= 4 is 15.7 Å². The van der Waals surface area contributed by atoms with E-state index >= 15 is 0 Å². The van der Waals surface area contributed by atoms with Crippen LogP contribution in [0.3, 0.4) is 0 Å². The van der Waals surface area contributed by atoms with E-state index in [-0.39, 0.29) is 23.9 Å². The van der Waals surface area contributed by atoms with E-state index in [4.69, 9.17) is 5.73 Å². The number of amides is 1. The van der Waals surface area contributed by atoms with Gasteiger partial charge in [0, 0.05) is 26.4 Å². The minimum absolute atomic E-state index is 0.0772. The summed E-state index contributed by atoms with van der Waals surface area (Å²) in [7, 11) is -1.57. The van der Waals surface area contributed by atoms with E-state index in [0.29, 0.717) is 13.1 Å². The highest BCUT2D eigenvalue weighted by Gasteiger charge is 2.16. The molecular weight excluding hydrogens is 258 g/mol. The Bertz CT molecular complexity index is 510. The summed E-state index contributed by atoms with van der Waals surface area (Å²) in [5.74, 6) is -0.437. The van der Waals surface area contributed by atoms with Crippen LogP contribution < -0.4 is 5.73 Å². The maximum Gasteiger partial charge on any atom is 0.275 e. The molecule has 1 amide bonds. The Hall–Kier alpha value is -1.48. The number of nitrogens with two attached hydrogens (primary N) is 1.